The zero-order valence-electron chi connectivity index (χ0n) is 19.7. The molecule has 1 aliphatic heterocycles. The van der Waals surface area contributed by atoms with E-state index in [0.717, 1.165) is 11.3 Å². The van der Waals surface area contributed by atoms with Crippen LogP contribution in [-0.4, -0.2) is 34.1 Å². The van der Waals surface area contributed by atoms with Gasteiger partial charge in [-0.1, -0.05) is 33.8 Å². The van der Waals surface area contributed by atoms with Crippen LogP contribution in [0.15, 0.2) is 30.6 Å². The first kappa shape index (κ1) is 23.5. The summed E-state index contributed by atoms with van der Waals surface area (Å²) < 4.78 is 17.0. The minimum Gasteiger partial charge on any atom is -0.492 e. The standard InChI is InChI=1S/C24H31N3O5/c1-22(2,3)32-18(28)11-23(4,5)20(29)27-15-12-25-21(26-13-15)31-17-10-8-9-16-19(17)24(6,7)14-30-16/h8-10,12-13H,11,14H2,1-7H3,(H,27,29). The van der Waals surface area contributed by atoms with Gasteiger partial charge >= 0.3 is 12.0 Å². The molecule has 3 rings (SSSR count). The molecule has 0 aliphatic carbocycles. The van der Waals surface area contributed by atoms with E-state index >= 15 is 0 Å². The molecular formula is C24H31N3O5. The van der Waals surface area contributed by atoms with Gasteiger partial charge in [-0.2, -0.15) is 0 Å². The van der Waals surface area contributed by atoms with Crippen molar-refractivity contribution in [3.63, 3.8) is 0 Å². The first-order valence-corrected chi connectivity index (χ1v) is 10.6. The molecule has 8 heteroatoms. The monoisotopic (exact) mass is 441 g/mol. The number of rotatable bonds is 6. The minimum absolute atomic E-state index is 0.0465. The molecule has 2 aromatic rings. The van der Waals surface area contributed by atoms with Crippen molar-refractivity contribution in [2.24, 2.45) is 5.41 Å². The van der Waals surface area contributed by atoms with E-state index in [-0.39, 0.29) is 23.8 Å². The van der Waals surface area contributed by atoms with Gasteiger partial charge in [-0.05, 0) is 32.9 Å². The summed E-state index contributed by atoms with van der Waals surface area (Å²) in [6, 6.07) is 5.78. The molecule has 1 aromatic heterocycles. The van der Waals surface area contributed by atoms with Gasteiger partial charge in [-0.15, -0.1) is 0 Å². The topological polar surface area (TPSA) is 99.6 Å². The van der Waals surface area contributed by atoms with Crippen molar-refractivity contribution in [2.75, 3.05) is 11.9 Å². The number of nitrogens with zero attached hydrogens (tertiary/aromatic N) is 2. The molecule has 8 nitrogen and oxygen atoms in total. The molecule has 0 saturated carbocycles. The first-order chi connectivity index (χ1) is 14.8. The highest BCUT2D eigenvalue weighted by Crippen LogP contribution is 2.44. The van der Waals surface area contributed by atoms with Crippen molar-refractivity contribution in [1.29, 1.82) is 0 Å². The summed E-state index contributed by atoms with van der Waals surface area (Å²) in [4.78, 5) is 33.2. The fourth-order valence-corrected chi connectivity index (χ4v) is 3.36. The number of hydrogen-bond donors (Lipinski definition) is 1. The molecule has 0 radical (unpaired) electrons. The highest BCUT2D eigenvalue weighted by Gasteiger charge is 2.35. The van der Waals surface area contributed by atoms with E-state index in [2.05, 4.69) is 29.1 Å². The molecule has 1 N–H and O–H groups in total. The van der Waals surface area contributed by atoms with Crippen LogP contribution in [0.5, 0.6) is 17.5 Å². The lowest BCUT2D eigenvalue weighted by Gasteiger charge is -2.25. The summed E-state index contributed by atoms with van der Waals surface area (Å²) in [5.74, 6) is 0.671. The molecule has 0 unspecified atom stereocenters. The van der Waals surface area contributed by atoms with Crippen LogP contribution in [0.3, 0.4) is 0 Å². The highest BCUT2D eigenvalue weighted by molar-refractivity contribution is 5.96. The van der Waals surface area contributed by atoms with E-state index in [0.29, 0.717) is 18.0 Å². The molecule has 32 heavy (non-hydrogen) atoms. The van der Waals surface area contributed by atoms with Crippen LogP contribution in [0.25, 0.3) is 0 Å². The lowest BCUT2D eigenvalue weighted by Crippen LogP contribution is -2.35. The molecule has 2 heterocycles. The maximum Gasteiger partial charge on any atom is 0.322 e. The number of amides is 1. The molecule has 0 saturated heterocycles. The third-order valence-corrected chi connectivity index (χ3v) is 4.96. The van der Waals surface area contributed by atoms with Crippen molar-refractivity contribution in [3.8, 4) is 17.5 Å². The third kappa shape index (κ3) is 5.55. The van der Waals surface area contributed by atoms with E-state index < -0.39 is 17.0 Å². The van der Waals surface area contributed by atoms with E-state index in [1.165, 1.54) is 12.4 Å². The summed E-state index contributed by atoms with van der Waals surface area (Å²) in [5, 5.41) is 2.75. The van der Waals surface area contributed by atoms with Gasteiger partial charge in [0.1, 0.15) is 17.1 Å². The van der Waals surface area contributed by atoms with Crippen LogP contribution >= 0.6 is 0 Å². The second-order valence-corrected chi connectivity index (χ2v) is 10.3. The fraction of sp³-hybridized carbons (Fsp3) is 0.500. The quantitative estimate of drug-likeness (QED) is 0.652. The maximum atomic E-state index is 12.7. The molecule has 1 amide bonds. The van der Waals surface area contributed by atoms with Gasteiger partial charge in [0.25, 0.3) is 0 Å². The molecule has 0 fully saturated rings. The summed E-state index contributed by atoms with van der Waals surface area (Å²) >= 11 is 0. The average Bonchev–Trinajstić information content (AvgIpc) is 2.97. The van der Waals surface area contributed by atoms with E-state index in [1.54, 1.807) is 34.6 Å². The van der Waals surface area contributed by atoms with Gasteiger partial charge in [0, 0.05) is 11.0 Å². The Labute approximate surface area is 188 Å². The number of aromatic nitrogens is 2. The predicted octanol–water partition coefficient (Wildman–Crippen LogP) is 4.64. The molecule has 1 aromatic carbocycles. The fourth-order valence-electron chi connectivity index (χ4n) is 3.36. The van der Waals surface area contributed by atoms with Crippen molar-refractivity contribution in [1.82, 2.24) is 9.97 Å². The summed E-state index contributed by atoms with van der Waals surface area (Å²) in [7, 11) is 0. The Bertz CT molecular complexity index is 1010. The second-order valence-electron chi connectivity index (χ2n) is 10.3. The molecule has 172 valence electrons. The Morgan fingerprint density at radius 1 is 1.12 bits per heavy atom. The average molecular weight is 442 g/mol. The summed E-state index contributed by atoms with van der Waals surface area (Å²) in [6.45, 7) is 13.5. The normalized spacial score (nSPS) is 14.8. The molecule has 1 aliphatic rings. The van der Waals surface area contributed by atoms with Crippen molar-refractivity contribution in [2.45, 2.75) is 65.9 Å². The molecule has 0 bridgehead atoms. The number of carbonyl (C=O) groups excluding carboxylic acids is 2. The number of nitrogens with one attached hydrogen (secondary N) is 1. The van der Waals surface area contributed by atoms with Crippen molar-refractivity contribution < 1.29 is 23.8 Å². The van der Waals surface area contributed by atoms with Gasteiger partial charge in [0.2, 0.25) is 5.91 Å². The summed E-state index contributed by atoms with van der Waals surface area (Å²) in [6.07, 6.45) is 2.89. The number of carbonyl (C=O) groups is 2. The smallest absolute Gasteiger partial charge is 0.322 e. The van der Waals surface area contributed by atoms with Crippen LogP contribution in [0, 0.1) is 5.41 Å². The molecule has 0 atom stereocenters. The Balaban J connectivity index is 1.65. The number of ether oxygens (including phenoxy) is 3. The van der Waals surface area contributed by atoms with Crippen LogP contribution in [-0.2, 0) is 19.7 Å². The Morgan fingerprint density at radius 2 is 1.78 bits per heavy atom. The predicted molar refractivity (Wildman–Crippen MR) is 120 cm³/mol. The van der Waals surface area contributed by atoms with Gasteiger partial charge in [-0.3, -0.25) is 9.59 Å². The van der Waals surface area contributed by atoms with Gasteiger partial charge in [0.15, 0.2) is 0 Å². The van der Waals surface area contributed by atoms with E-state index in [4.69, 9.17) is 14.2 Å². The molecular weight excluding hydrogens is 410 g/mol. The lowest BCUT2D eigenvalue weighted by molar-refractivity contribution is -0.158. The SMILES string of the molecule is CC(C)(C)OC(=O)CC(C)(C)C(=O)Nc1cnc(Oc2cccc3c2C(C)(C)CO3)nc1. The second kappa shape index (κ2) is 8.41. The zero-order valence-corrected chi connectivity index (χ0v) is 19.7. The van der Waals surface area contributed by atoms with Crippen molar-refractivity contribution in [3.05, 3.63) is 36.2 Å². The van der Waals surface area contributed by atoms with Gasteiger partial charge < -0.3 is 19.5 Å². The Kier molecular flexibility index (Phi) is 6.18. The number of hydrogen-bond acceptors (Lipinski definition) is 7. The third-order valence-electron chi connectivity index (χ3n) is 4.96. The van der Waals surface area contributed by atoms with Gasteiger partial charge in [0.05, 0.1) is 36.5 Å². The van der Waals surface area contributed by atoms with Crippen LogP contribution in [0.2, 0.25) is 0 Å². The summed E-state index contributed by atoms with van der Waals surface area (Å²) in [5.41, 5.74) is -0.368. The number of anilines is 1. The van der Waals surface area contributed by atoms with Crippen molar-refractivity contribution >= 4 is 17.6 Å². The van der Waals surface area contributed by atoms with E-state index in [9.17, 15) is 9.59 Å². The highest BCUT2D eigenvalue weighted by atomic mass is 16.6. The minimum atomic E-state index is -0.965. The largest absolute Gasteiger partial charge is 0.492 e. The number of fused-ring (bicyclic) bond motifs is 1. The number of benzene rings is 1. The van der Waals surface area contributed by atoms with Gasteiger partial charge in [-0.25, -0.2) is 9.97 Å². The maximum absolute atomic E-state index is 12.7. The Hall–Kier alpha value is -3.16. The van der Waals surface area contributed by atoms with Crippen LogP contribution in [0.1, 0.15) is 60.5 Å². The van der Waals surface area contributed by atoms with Crippen LogP contribution < -0.4 is 14.8 Å². The molecule has 0 spiro atoms. The Morgan fingerprint density at radius 3 is 2.41 bits per heavy atom. The zero-order chi connectivity index (χ0) is 23.7. The lowest BCUT2D eigenvalue weighted by atomic mass is 9.86. The van der Waals surface area contributed by atoms with Crippen LogP contribution in [0.4, 0.5) is 5.69 Å². The first-order valence-electron chi connectivity index (χ1n) is 10.6. The van der Waals surface area contributed by atoms with E-state index in [1.807, 2.05) is 18.2 Å². The number of esters is 1.